The van der Waals surface area contributed by atoms with Gasteiger partial charge in [0.25, 0.3) is 5.56 Å². The molecule has 0 spiro atoms. The Hall–Kier alpha value is -2.35. The van der Waals surface area contributed by atoms with E-state index in [2.05, 4.69) is 20.6 Å². The van der Waals surface area contributed by atoms with Gasteiger partial charge in [-0.2, -0.15) is 0 Å². The summed E-state index contributed by atoms with van der Waals surface area (Å²) in [7, 11) is 1.74. The molecule has 0 aliphatic heterocycles. The molecule has 20 heavy (non-hydrogen) atoms. The van der Waals surface area contributed by atoms with Crippen LogP contribution in [0, 0.1) is 6.92 Å². The second-order valence-corrected chi connectivity index (χ2v) is 5.21. The standard InChI is InChI=1S/C12H12N6OS/c1-8-10(20-12-13-15-16-17(12)2)11(19)18(14-8)9-6-4-3-5-7-9/h3-7,14H,1-2H3. The van der Waals surface area contributed by atoms with Gasteiger partial charge >= 0.3 is 0 Å². The molecule has 0 bridgehead atoms. The summed E-state index contributed by atoms with van der Waals surface area (Å²) < 4.78 is 3.05. The molecule has 0 unspecified atom stereocenters. The third-order valence-electron chi connectivity index (χ3n) is 2.81. The Labute approximate surface area is 118 Å². The van der Waals surface area contributed by atoms with E-state index < -0.39 is 0 Å². The maximum Gasteiger partial charge on any atom is 0.285 e. The number of aryl methyl sites for hydroxylation is 2. The molecule has 0 saturated carbocycles. The van der Waals surface area contributed by atoms with Crippen LogP contribution in [0.5, 0.6) is 0 Å². The monoisotopic (exact) mass is 288 g/mol. The van der Waals surface area contributed by atoms with Crippen molar-refractivity contribution in [2.45, 2.75) is 17.0 Å². The molecule has 7 nitrogen and oxygen atoms in total. The topological polar surface area (TPSA) is 81.4 Å². The maximum absolute atomic E-state index is 12.5. The van der Waals surface area contributed by atoms with Crippen molar-refractivity contribution in [3.8, 4) is 5.69 Å². The number of rotatable bonds is 3. The number of hydrogen-bond acceptors (Lipinski definition) is 5. The molecule has 2 heterocycles. The number of aromatic amines is 1. The van der Waals surface area contributed by atoms with Gasteiger partial charge in [-0.3, -0.25) is 9.89 Å². The highest BCUT2D eigenvalue weighted by Gasteiger charge is 2.16. The van der Waals surface area contributed by atoms with Crippen molar-refractivity contribution in [1.29, 1.82) is 0 Å². The Balaban J connectivity index is 2.04. The molecule has 8 heteroatoms. The summed E-state index contributed by atoms with van der Waals surface area (Å²) in [6.07, 6.45) is 0. The molecule has 0 saturated heterocycles. The Morgan fingerprint density at radius 3 is 2.65 bits per heavy atom. The first-order valence-electron chi connectivity index (χ1n) is 5.94. The largest absolute Gasteiger partial charge is 0.294 e. The Bertz CT molecular complexity index is 788. The first kappa shape index (κ1) is 12.7. The van der Waals surface area contributed by atoms with Crippen molar-refractivity contribution in [1.82, 2.24) is 30.0 Å². The lowest BCUT2D eigenvalue weighted by atomic mass is 10.3. The molecular weight excluding hydrogens is 276 g/mol. The van der Waals surface area contributed by atoms with Crippen LogP contribution in [0.3, 0.4) is 0 Å². The fraction of sp³-hybridized carbons (Fsp3) is 0.167. The van der Waals surface area contributed by atoms with E-state index in [0.717, 1.165) is 11.4 Å². The van der Waals surface area contributed by atoms with E-state index >= 15 is 0 Å². The average molecular weight is 288 g/mol. The molecule has 3 rings (SSSR count). The van der Waals surface area contributed by atoms with Crippen molar-refractivity contribution in [2.24, 2.45) is 7.05 Å². The lowest BCUT2D eigenvalue weighted by Gasteiger charge is -1.99. The normalized spacial score (nSPS) is 10.9. The second-order valence-electron chi connectivity index (χ2n) is 4.23. The predicted octanol–water partition coefficient (Wildman–Crippen LogP) is 1.15. The van der Waals surface area contributed by atoms with Crippen LogP contribution in [0.15, 0.2) is 45.2 Å². The van der Waals surface area contributed by atoms with Crippen LogP contribution in [0.4, 0.5) is 0 Å². The van der Waals surface area contributed by atoms with Crippen LogP contribution >= 0.6 is 11.8 Å². The summed E-state index contributed by atoms with van der Waals surface area (Å²) in [5.41, 5.74) is 1.47. The van der Waals surface area contributed by atoms with E-state index in [-0.39, 0.29) is 5.56 Å². The summed E-state index contributed by atoms with van der Waals surface area (Å²) in [6, 6.07) is 9.42. The summed E-state index contributed by atoms with van der Waals surface area (Å²) in [5.74, 6) is 0. The third kappa shape index (κ3) is 2.14. The molecule has 1 N–H and O–H groups in total. The van der Waals surface area contributed by atoms with Gasteiger partial charge in [-0.05, 0) is 41.2 Å². The molecule has 0 atom stereocenters. The van der Waals surface area contributed by atoms with Gasteiger partial charge in [-0.15, -0.1) is 5.10 Å². The SMILES string of the molecule is Cc1[nH]n(-c2ccccc2)c(=O)c1Sc1nnnn1C. The number of tetrazole rings is 1. The lowest BCUT2D eigenvalue weighted by Crippen LogP contribution is -2.15. The summed E-state index contributed by atoms with van der Waals surface area (Å²) in [4.78, 5) is 13.1. The van der Waals surface area contributed by atoms with Crippen LogP contribution < -0.4 is 5.56 Å². The van der Waals surface area contributed by atoms with Gasteiger partial charge in [0.15, 0.2) is 0 Å². The quantitative estimate of drug-likeness (QED) is 0.782. The molecule has 0 amide bonds. The van der Waals surface area contributed by atoms with Crippen LogP contribution in [-0.2, 0) is 7.05 Å². The van der Waals surface area contributed by atoms with Crippen LogP contribution in [-0.4, -0.2) is 30.0 Å². The Morgan fingerprint density at radius 1 is 1.25 bits per heavy atom. The first-order chi connectivity index (χ1) is 9.66. The zero-order chi connectivity index (χ0) is 14.1. The van der Waals surface area contributed by atoms with Crippen molar-refractivity contribution >= 4 is 11.8 Å². The average Bonchev–Trinajstić information content (AvgIpc) is 2.98. The van der Waals surface area contributed by atoms with Crippen LogP contribution in [0.25, 0.3) is 5.69 Å². The number of aromatic nitrogens is 6. The smallest absolute Gasteiger partial charge is 0.285 e. The van der Waals surface area contributed by atoms with Crippen molar-refractivity contribution in [3.63, 3.8) is 0 Å². The molecule has 0 fully saturated rings. The van der Waals surface area contributed by atoms with E-state index in [1.54, 1.807) is 7.05 Å². The minimum Gasteiger partial charge on any atom is -0.294 e. The first-order valence-corrected chi connectivity index (χ1v) is 6.75. The number of H-pyrrole nitrogens is 1. The van der Waals surface area contributed by atoms with E-state index in [0.29, 0.717) is 10.1 Å². The van der Waals surface area contributed by atoms with Crippen molar-refractivity contribution in [2.75, 3.05) is 0 Å². The summed E-state index contributed by atoms with van der Waals surface area (Å²) in [5, 5.41) is 14.8. The van der Waals surface area contributed by atoms with Gasteiger partial charge in [0.2, 0.25) is 5.16 Å². The highest BCUT2D eigenvalue weighted by atomic mass is 32.2. The number of hydrogen-bond donors (Lipinski definition) is 1. The fourth-order valence-corrected chi connectivity index (χ4v) is 2.62. The molecule has 1 aromatic carbocycles. The minimum absolute atomic E-state index is 0.110. The highest BCUT2D eigenvalue weighted by Crippen LogP contribution is 2.24. The van der Waals surface area contributed by atoms with E-state index in [1.165, 1.54) is 21.1 Å². The van der Waals surface area contributed by atoms with Crippen molar-refractivity contribution in [3.05, 3.63) is 46.4 Å². The molecule has 102 valence electrons. The zero-order valence-electron chi connectivity index (χ0n) is 10.9. The maximum atomic E-state index is 12.5. The number of nitrogens with one attached hydrogen (secondary N) is 1. The highest BCUT2D eigenvalue weighted by molar-refractivity contribution is 7.99. The Kier molecular flexibility index (Phi) is 3.15. The fourth-order valence-electron chi connectivity index (χ4n) is 1.81. The van der Waals surface area contributed by atoms with Gasteiger partial charge in [0.05, 0.1) is 5.69 Å². The lowest BCUT2D eigenvalue weighted by molar-refractivity contribution is 0.664. The van der Waals surface area contributed by atoms with Crippen LogP contribution in [0.1, 0.15) is 5.69 Å². The van der Waals surface area contributed by atoms with Gasteiger partial charge in [0, 0.05) is 12.7 Å². The Morgan fingerprint density at radius 2 is 2.00 bits per heavy atom. The second kappa shape index (κ2) is 4.97. The van der Waals surface area contributed by atoms with E-state index in [1.807, 2.05) is 37.3 Å². The van der Waals surface area contributed by atoms with Gasteiger partial charge in [0.1, 0.15) is 4.90 Å². The molecule has 0 radical (unpaired) electrons. The predicted molar refractivity (Wildman–Crippen MR) is 74.0 cm³/mol. The number of benzene rings is 1. The number of nitrogens with zero attached hydrogens (tertiary/aromatic N) is 5. The molecule has 0 aliphatic rings. The summed E-state index contributed by atoms with van der Waals surface area (Å²) >= 11 is 1.25. The molecule has 0 aliphatic carbocycles. The van der Waals surface area contributed by atoms with E-state index in [9.17, 15) is 4.79 Å². The van der Waals surface area contributed by atoms with Gasteiger partial charge in [-0.25, -0.2) is 9.36 Å². The van der Waals surface area contributed by atoms with Gasteiger partial charge in [-0.1, -0.05) is 18.2 Å². The summed E-state index contributed by atoms with van der Waals surface area (Å²) in [6.45, 7) is 1.85. The zero-order valence-corrected chi connectivity index (χ0v) is 11.8. The van der Waals surface area contributed by atoms with E-state index in [4.69, 9.17) is 0 Å². The molecule has 3 aromatic rings. The van der Waals surface area contributed by atoms with Crippen molar-refractivity contribution < 1.29 is 0 Å². The molecule has 2 aromatic heterocycles. The van der Waals surface area contributed by atoms with Gasteiger partial charge < -0.3 is 0 Å². The minimum atomic E-state index is -0.110. The number of para-hydroxylation sites is 1. The van der Waals surface area contributed by atoms with Crippen LogP contribution in [0.2, 0.25) is 0 Å². The molecular formula is C12H12N6OS. The third-order valence-corrected chi connectivity index (χ3v) is 4.02.